The van der Waals surface area contributed by atoms with Crippen LogP contribution < -0.4 is 0 Å². The fourth-order valence-electron chi connectivity index (χ4n) is 2.31. The third-order valence-corrected chi connectivity index (χ3v) is 4.74. The van der Waals surface area contributed by atoms with Crippen LogP contribution in [0.1, 0.15) is 5.76 Å². The molecule has 1 saturated heterocycles. The molecule has 3 rings (SSSR count). The van der Waals surface area contributed by atoms with Crippen molar-refractivity contribution in [3.63, 3.8) is 0 Å². The molecule has 7 nitrogen and oxygen atoms in total. The van der Waals surface area contributed by atoms with E-state index in [4.69, 9.17) is 16.0 Å². The number of thioether (sulfide) groups is 1. The zero-order chi connectivity index (χ0) is 18.8. The van der Waals surface area contributed by atoms with Gasteiger partial charge in [-0.25, -0.2) is 0 Å². The van der Waals surface area contributed by atoms with Crippen molar-refractivity contribution in [2.75, 3.05) is 6.54 Å². The monoisotopic (exact) mass is 390 g/mol. The number of carbonyl (C=O) groups excluding carboxylic acids is 2. The fourth-order valence-corrected chi connectivity index (χ4v) is 3.32. The summed E-state index contributed by atoms with van der Waals surface area (Å²) in [6.45, 7) is 3.65. The number of carbonyl (C=O) groups is 2. The van der Waals surface area contributed by atoms with E-state index < -0.39 is 10.8 Å². The molecule has 2 aromatic rings. The van der Waals surface area contributed by atoms with Gasteiger partial charge >= 0.3 is 0 Å². The number of nitro groups is 1. The van der Waals surface area contributed by atoms with Gasteiger partial charge in [0.15, 0.2) is 0 Å². The summed E-state index contributed by atoms with van der Waals surface area (Å²) >= 11 is 6.61. The van der Waals surface area contributed by atoms with Crippen molar-refractivity contribution in [3.05, 3.63) is 68.8 Å². The Morgan fingerprint density at radius 1 is 1.31 bits per heavy atom. The highest BCUT2D eigenvalue weighted by atomic mass is 35.5. The molecule has 1 aliphatic rings. The van der Waals surface area contributed by atoms with Gasteiger partial charge in [-0.2, -0.15) is 0 Å². The molecule has 0 saturated carbocycles. The summed E-state index contributed by atoms with van der Waals surface area (Å²) in [4.78, 5) is 35.7. The fraction of sp³-hybridized carbons (Fsp3) is 0.0588. The van der Waals surface area contributed by atoms with Crippen molar-refractivity contribution in [1.82, 2.24) is 4.90 Å². The maximum atomic E-state index is 12.2. The minimum absolute atomic E-state index is 0.0291. The van der Waals surface area contributed by atoms with Crippen molar-refractivity contribution < 1.29 is 18.9 Å². The largest absolute Gasteiger partial charge is 0.457 e. The Morgan fingerprint density at radius 2 is 2.08 bits per heavy atom. The van der Waals surface area contributed by atoms with Crippen molar-refractivity contribution in [2.45, 2.75) is 0 Å². The quantitative estimate of drug-likeness (QED) is 0.317. The standard InChI is InChI=1S/C17H11ClN2O5S/c1-2-7-19-16(21)15(26-17(19)22)9-11-4-6-14(25-11)10-3-5-12(18)13(8-10)20(23)24/h2-6,8-9H,1,7H2/b15-9-. The molecule has 132 valence electrons. The van der Waals surface area contributed by atoms with Crippen molar-refractivity contribution >= 4 is 46.3 Å². The van der Waals surface area contributed by atoms with Crippen LogP contribution >= 0.6 is 23.4 Å². The van der Waals surface area contributed by atoms with E-state index in [1.807, 2.05) is 0 Å². The minimum Gasteiger partial charge on any atom is -0.457 e. The summed E-state index contributed by atoms with van der Waals surface area (Å²) in [7, 11) is 0. The van der Waals surface area contributed by atoms with Gasteiger partial charge in [-0.1, -0.05) is 17.7 Å². The number of hydrogen-bond donors (Lipinski definition) is 0. The Morgan fingerprint density at radius 3 is 2.77 bits per heavy atom. The molecule has 9 heteroatoms. The minimum atomic E-state index is -0.578. The summed E-state index contributed by atoms with van der Waals surface area (Å²) in [6, 6.07) is 7.54. The molecule has 0 spiro atoms. The molecule has 1 aromatic carbocycles. The zero-order valence-electron chi connectivity index (χ0n) is 13.2. The van der Waals surface area contributed by atoms with Gasteiger partial charge in [-0.3, -0.25) is 24.6 Å². The highest BCUT2D eigenvalue weighted by molar-refractivity contribution is 8.18. The molecular formula is C17H11ClN2O5S. The Bertz CT molecular complexity index is 966. The Labute approximate surface area is 157 Å². The molecule has 2 amide bonds. The summed E-state index contributed by atoms with van der Waals surface area (Å²) in [5, 5.41) is 10.6. The number of imide groups is 1. The predicted molar refractivity (Wildman–Crippen MR) is 98.7 cm³/mol. The Kier molecular flexibility index (Phi) is 4.97. The van der Waals surface area contributed by atoms with E-state index in [1.54, 1.807) is 18.2 Å². The van der Waals surface area contributed by atoms with Crippen LogP contribution in [0.3, 0.4) is 0 Å². The third kappa shape index (κ3) is 3.42. The normalized spacial score (nSPS) is 15.7. The van der Waals surface area contributed by atoms with Gasteiger partial charge in [-0.05, 0) is 36.0 Å². The predicted octanol–water partition coefficient (Wildman–Crippen LogP) is 4.73. The van der Waals surface area contributed by atoms with Crippen molar-refractivity contribution in [2.24, 2.45) is 0 Å². The smallest absolute Gasteiger partial charge is 0.293 e. The maximum absolute atomic E-state index is 12.2. The molecule has 1 fully saturated rings. The van der Waals surface area contributed by atoms with E-state index in [9.17, 15) is 19.7 Å². The van der Waals surface area contributed by atoms with E-state index in [0.717, 1.165) is 16.7 Å². The van der Waals surface area contributed by atoms with Gasteiger partial charge in [0, 0.05) is 24.3 Å². The molecule has 1 aliphatic heterocycles. The maximum Gasteiger partial charge on any atom is 0.293 e. The summed E-state index contributed by atoms with van der Waals surface area (Å²) in [5.74, 6) is 0.308. The first-order valence-corrected chi connectivity index (χ1v) is 8.50. The van der Waals surface area contributed by atoms with E-state index >= 15 is 0 Å². The molecule has 1 aromatic heterocycles. The van der Waals surface area contributed by atoms with Crippen LogP contribution in [0.5, 0.6) is 0 Å². The van der Waals surface area contributed by atoms with Gasteiger partial charge in [0.25, 0.3) is 16.8 Å². The second-order valence-electron chi connectivity index (χ2n) is 5.21. The number of furan rings is 1. The van der Waals surface area contributed by atoms with Crippen LogP contribution in [0.25, 0.3) is 17.4 Å². The summed E-state index contributed by atoms with van der Waals surface area (Å²) in [6.07, 6.45) is 2.93. The second-order valence-corrected chi connectivity index (χ2v) is 6.61. The highest BCUT2D eigenvalue weighted by Crippen LogP contribution is 2.34. The van der Waals surface area contributed by atoms with Gasteiger partial charge in [0.2, 0.25) is 0 Å². The molecule has 0 atom stereocenters. The van der Waals surface area contributed by atoms with Gasteiger partial charge in [-0.15, -0.1) is 6.58 Å². The van der Waals surface area contributed by atoms with Crippen LogP contribution in [0, 0.1) is 10.1 Å². The van der Waals surface area contributed by atoms with Gasteiger partial charge in [0.1, 0.15) is 16.5 Å². The lowest BCUT2D eigenvalue weighted by Crippen LogP contribution is -2.27. The lowest BCUT2D eigenvalue weighted by atomic mass is 10.1. The van der Waals surface area contributed by atoms with E-state index in [1.165, 1.54) is 24.3 Å². The van der Waals surface area contributed by atoms with Crippen molar-refractivity contribution in [1.29, 1.82) is 0 Å². The summed E-state index contributed by atoms with van der Waals surface area (Å²) < 4.78 is 5.63. The molecule has 0 radical (unpaired) electrons. The first-order chi connectivity index (χ1) is 12.4. The number of halogens is 1. The molecule has 0 N–H and O–H groups in total. The average molecular weight is 391 g/mol. The average Bonchev–Trinajstić information content (AvgIpc) is 3.16. The molecule has 0 bridgehead atoms. The topological polar surface area (TPSA) is 93.7 Å². The van der Waals surface area contributed by atoms with Gasteiger partial charge < -0.3 is 4.42 Å². The SMILES string of the molecule is C=CCN1C(=O)S/C(=C\c2ccc(-c3ccc(Cl)c([N+](=O)[O-])c3)o2)C1=O. The number of nitrogens with zero attached hydrogens (tertiary/aromatic N) is 2. The number of hydrogen-bond acceptors (Lipinski definition) is 6. The zero-order valence-corrected chi connectivity index (χ0v) is 14.7. The third-order valence-electron chi connectivity index (χ3n) is 3.51. The van der Waals surface area contributed by atoms with Crippen molar-refractivity contribution in [3.8, 4) is 11.3 Å². The lowest BCUT2D eigenvalue weighted by molar-refractivity contribution is -0.384. The van der Waals surface area contributed by atoms with Crippen LogP contribution in [-0.2, 0) is 4.79 Å². The molecule has 0 unspecified atom stereocenters. The van der Waals surface area contributed by atoms with Crippen LogP contribution in [0.15, 0.2) is 52.3 Å². The molecule has 2 heterocycles. The second kappa shape index (κ2) is 7.19. The lowest BCUT2D eigenvalue weighted by Gasteiger charge is -2.07. The van der Waals surface area contributed by atoms with E-state index in [0.29, 0.717) is 17.1 Å². The first-order valence-electron chi connectivity index (χ1n) is 7.31. The van der Waals surface area contributed by atoms with Gasteiger partial charge in [0.05, 0.1) is 9.83 Å². The number of nitro benzene ring substituents is 1. The van der Waals surface area contributed by atoms with E-state index in [-0.39, 0.29) is 27.4 Å². The number of rotatable bonds is 5. The van der Waals surface area contributed by atoms with Crippen LogP contribution in [-0.4, -0.2) is 27.5 Å². The highest BCUT2D eigenvalue weighted by Gasteiger charge is 2.34. The molecule has 0 aliphatic carbocycles. The molecular weight excluding hydrogens is 380 g/mol. The Balaban J connectivity index is 1.88. The van der Waals surface area contributed by atoms with Crippen LogP contribution in [0.2, 0.25) is 5.02 Å². The number of benzene rings is 1. The first kappa shape index (κ1) is 18.0. The van der Waals surface area contributed by atoms with Crippen LogP contribution in [0.4, 0.5) is 10.5 Å². The summed E-state index contributed by atoms with van der Waals surface area (Å²) in [5.41, 5.74) is 0.244. The number of amides is 2. The Hall–Kier alpha value is -2.84. The molecule has 26 heavy (non-hydrogen) atoms. The van der Waals surface area contributed by atoms with E-state index in [2.05, 4.69) is 6.58 Å².